The standard InChI is InChI=1S/C6H12N2O2S/c1-4-10-6(9)5(11)7-8(2)3/h4H2,1-3H3,(H,7,11). The number of rotatable bonds is 2. The summed E-state index contributed by atoms with van der Waals surface area (Å²) in [5.74, 6) is -0.490. The van der Waals surface area contributed by atoms with Gasteiger partial charge in [0.1, 0.15) is 0 Å². The van der Waals surface area contributed by atoms with E-state index in [0.29, 0.717) is 6.61 Å². The highest BCUT2D eigenvalue weighted by molar-refractivity contribution is 7.81. The van der Waals surface area contributed by atoms with Crippen molar-refractivity contribution in [1.82, 2.24) is 10.4 Å². The first-order chi connectivity index (χ1) is 5.07. The monoisotopic (exact) mass is 176 g/mol. The molecule has 0 aromatic carbocycles. The first-order valence-corrected chi connectivity index (χ1v) is 3.63. The number of hydrogen-bond acceptors (Lipinski definition) is 4. The van der Waals surface area contributed by atoms with E-state index in [9.17, 15) is 4.79 Å². The number of carbonyl (C=O) groups excluding carboxylic acids is 1. The Morgan fingerprint density at radius 1 is 1.64 bits per heavy atom. The van der Waals surface area contributed by atoms with Crippen LogP contribution in [-0.4, -0.2) is 36.7 Å². The Kier molecular flexibility index (Phi) is 4.72. The zero-order valence-corrected chi connectivity index (χ0v) is 7.70. The second-order valence-electron chi connectivity index (χ2n) is 2.06. The minimum Gasteiger partial charge on any atom is -0.461 e. The van der Waals surface area contributed by atoms with Gasteiger partial charge in [0.2, 0.25) is 0 Å². The third-order valence-corrected chi connectivity index (χ3v) is 1.04. The smallest absolute Gasteiger partial charge is 0.367 e. The predicted octanol–water partition coefficient (Wildman–Crippen LogP) is -0.0569. The molecule has 1 N–H and O–H groups in total. The quantitative estimate of drug-likeness (QED) is 0.363. The number of hydrazine groups is 1. The van der Waals surface area contributed by atoms with Crippen molar-refractivity contribution in [3.8, 4) is 0 Å². The van der Waals surface area contributed by atoms with Crippen molar-refractivity contribution in [1.29, 1.82) is 0 Å². The molecule has 0 amide bonds. The van der Waals surface area contributed by atoms with Gasteiger partial charge < -0.3 is 10.2 Å². The number of hydrogen-bond donors (Lipinski definition) is 1. The van der Waals surface area contributed by atoms with Gasteiger partial charge in [-0.1, -0.05) is 12.2 Å². The number of carbonyl (C=O) groups is 1. The van der Waals surface area contributed by atoms with Crippen LogP contribution in [0.5, 0.6) is 0 Å². The third kappa shape index (κ3) is 4.69. The van der Waals surface area contributed by atoms with E-state index < -0.39 is 5.97 Å². The van der Waals surface area contributed by atoms with Gasteiger partial charge in [0.25, 0.3) is 0 Å². The number of esters is 1. The van der Waals surface area contributed by atoms with Crippen LogP contribution in [0.3, 0.4) is 0 Å². The summed E-state index contributed by atoms with van der Waals surface area (Å²) in [5.41, 5.74) is 2.62. The molecule has 0 aliphatic carbocycles. The molecule has 0 aromatic rings. The lowest BCUT2D eigenvalue weighted by Crippen LogP contribution is -2.40. The number of nitrogens with zero attached hydrogens (tertiary/aromatic N) is 1. The van der Waals surface area contributed by atoms with Crippen molar-refractivity contribution < 1.29 is 9.53 Å². The van der Waals surface area contributed by atoms with Gasteiger partial charge >= 0.3 is 5.97 Å². The summed E-state index contributed by atoms with van der Waals surface area (Å²) in [7, 11) is 3.48. The molecular weight excluding hydrogens is 164 g/mol. The fourth-order valence-corrected chi connectivity index (χ4v) is 0.687. The SMILES string of the molecule is CCOC(=O)C(=S)NN(C)C. The molecule has 0 aromatic heterocycles. The molecule has 0 spiro atoms. The fourth-order valence-electron chi connectivity index (χ4n) is 0.445. The highest BCUT2D eigenvalue weighted by atomic mass is 32.1. The largest absolute Gasteiger partial charge is 0.461 e. The van der Waals surface area contributed by atoms with Gasteiger partial charge in [-0.15, -0.1) is 0 Å². The predicted molar refractivity (Wildman–Crippen MR) is 46.1 cm³/mol. The molecule has 0 aliphatic rings. The third-order valence-electron chi connectivity index (χ3n) is 0.786. The van der Waals surface area contributed by atoms with Crippen molar-refractivity contribution in [2.24, 2.45) is 0 Å². The molecule has 0 saturated carbocycles. The summed E-state index contributed by atoms with van der Waals surface area (Å²) in [6, 6.07) is 0. The molecule has 0 rings (SSSR count). The lowest BCUT2D eigenvalue weighted by atomic mass is 10.6. The van der Waals surface area contributed by atoms with E-state index >= 15 is 0 Å². The van der Waals surface area contributed by atoms with Gasteiger partial charge in [-0.25, -0.2) is 9.80 Å². The second-order valence-corrected chi connectivity index (χ2v) is 2.46. The van der Waals surface area contributed by atoms with E-state index in [0.717, 1.165) is 0 Å². The summed E-state index contributed by atoms with van der Waals surface area (Å²) < 4.78 is 4.64. The van der Waals surface area contributed by atoms with Crippen LogP contribution in [0, 0.1) is 0 Å². The van der Waals surface area contributed by atoms with Crippen LogP contribution in [-0.2, 0) is 9.53 Å². The molecule has 0 aliphatic heterocycles. The van der Waals surface area contributed by atoms with Crippen molar-refractivity contribution in [2.75, 3.05) is 20.7 Å². The van der Waals surface area contributed by atoms with Crippen molar-refractivity contribution in [2.45, 2.75) is 6.92 Å². The Morgan fingerprint density at radius 3 is 2.55 bits per heavy atom. The molecule has 0 radical (unpaired) electrons. The first-order valence-electron chi connectivity index (χ1n) is 3.23. The molecule has 0 bridgehead atoms. The zero-order chi connectivity index (χ0) is 8.85. The van der Waals surface area contributed by atoms with Crippen LogP contribution in [0.2, 0.25) is 0 Å². The number of nitrogens with one attached hydrogen (secondary N) is 1. The van der Waals surface area contributed by atoms with Crippen LogP contribution >= 0.6 is 12.2 Å². The minimum absolute atomic E-state index is 0.0804. The summed E-state index contributed by atoms with van der Waals surface area (Å²) in [6.45, 7) is 2.07. The average Bonchev–Trinajstić information content (AvgIpc) is 1.86. The summed E-state index contributed by atoms with van der Waals surface area (Å²) in [4.78, 5) is 10.9. The van der Waals surface area contributed by atoms with Crippen LogP contribution in [0.1, 0.15) is 6.92 Å². The van der Waals surface area contributed by atoms with Gasteiger partial charge in [0.15, 0.2) is 4.99 Å². The van der Waals surface area contributed by atoms with E-state index in [1.807, 2.05) is 0 Å². The van der Waals surface area contributed by atoms with E-state index in [2.05, 4.69) is 10.2 Å². The Morgan fingerprint density at radius 2 is 2.18 bits per heavy atom. The average molecular weight is 176 g/mol. The van der Waals surface area contributed by atoms with E-state index in [1.165, 1.54) is 0 Å². The van der Waals surface area contributed by atoms with Gasteiger partial charge in [-0.3, -0.25) is 0 Å². The van der Waals surface area contributed by atoms with Crippen LogP contribution in [0.25, 0.3) is 0 Å². The van der Waals surface area contributed by atoms with Gasteiger partial charge in [-0.2, -0.15) is 0 Å². The van der Waals surface area contributed by atoms with Crippen molar-refractivity contribution >= 4 is 23.2 Å². The maximum Gasteiger partial charge on any atom is 0.367 e. The molecule has 0 saturated heterocycles. The second kappa shape index (κ2) is 5.03. The van der Waals surface area contributed by atoms with Crippen LogP contribution < -0.4 is 5.43 Å². The zero-order valence-electron chi connectivity index (χ0n) is 6.88. The molecule has 0 heterocycles. The molecule has 0 fully saturated rings. The Labute approximate surface area is 71.5 Å². The van der Waals surface area contributed by atoms with Gasteiger partial charge in [0, 0.05) is 14.1 Å². The molecule has 0 unspecified atom stereocenters. The highest BCUT2D eigenvalue weighted by Crippen LogP contribution is 1.81. The van der Waals surface area contributed by atoms with Gasteiger partial charge in [0.05, 0.1) is 6.61 Å². The molecule has 4 nitrogen and oxygen atoms in total. The molecule has 64 valence electrons. The number of ether oxygens (including phenoxy) is 1. The molecule has 0 atom stereocenters. The fraction of sp³-hybridized carbons (Fsp3) is 0.667. The van der Waals surface area contributed by atoms with Crippen molar-refractivity contribution in [3.63, 3.8) is 0 Å². The van der Waals surface area contributed by atoms with E-state index in [1.54, 1.807) is 26.0 Å². The topological polar surface area (TPSA) is 41.6 Å². The van der Waals surface area contributed by atoms with Crippen LogP contribution in [0.15, 0.2) is 0 Å². The lowest BCUT2D eigenvalue weighted by molar-refractivity contribution is -0.135. The van der Waals surface area contributed by atoms with E-state index in [-0.39, 0.29) is 4.99 Å². The Balaban J connectivity index is 3.74. The van der Waals surface area contributed by atoms with E-state index in [4.69, 9.17) is 12.2 Å². The van der Waals surface area contributed by atoms with Gasteiger partial charge in [-0.05, 0) is 6.92 Å². The van der Waals surface area contributed by atoms with Crippen LogP contribution in [0.4, 0.5) is 0 Å². The minimum atomic E-state index is -0.490. The molecule has 11 heavy (non-hydrogen) atoms. The summed E-state index contributed by atoms with van der Waals surface area (Å²) in [5, 5.41) is 1.58. The maximum absolute atomic E-state index is 10.8. The normalized spacial score (nSPS) is 9.45. The van der Waals surface area contributed by atoms with Crippen molar-refractivity contribution in [3.05, 3.63) is 0 Å². The molecular formula is C6H12N2O2S. The summed E-state index contributed by atoms with van der Waals surface area (Å²) >= 11 is 4.69. The number of thiocarbonyl (C=S) groups is 1. The first kappa shape index (κ1) is 10.3. The summed E-state index contributed by atoms with van der Waals surface area (Å²) in [6.07, 6.45) is 0. The maximum atomic E-state index is 10.8. The lowest BCUT2D eigenvalue weighted by Gasteiger charge is -2.12. The molecule has 5 heteroatoms. The Hall–Kier alpha value is -0.680. The highest BCUT2D eigenvalue weighted by Gasteiger charge is 2.08. The Bertz CT molecular complexity index is 159.